The zero-order valence-corrected chi connectivity index (χ0v) is 11.3. The van der Waals surface area contributed by atoms with Gasteiger partial charge in [-0.05, 0) is 30.7 Å². The van der Waals surface area contributed by atoms with Crippen LogP contribution in [0.1, 0.15) is 38.8 Å². The van der Waals surface area contributed by atoms with Crippen LogP contribution < -0.4 is 5.32 Å². The predicted octanol–water partition coefficient (Wildman–Crippen LogP) is 2.38. The minimum absolute atomic E-state index is 0.701. The first kappa shape index (κ1) is 12.6. The van der Waals surface area contributed by atoms with Crippen molar-refractivity contribution in [1.29, 1.82) is 0 Å². The monoisotopic (exact) mass is 235 g/mol. The highest BCUT2D eigenvalue weighted by Crippen LogP contribution is 2.28. The van der Waals surface area contributed by atoms with Crippen molar-refractivity contribution < 1.29 is 0 Å². The van der Waals surface area contributed by atoms with Crippen LogP contribution in [0.5, 0.6) is 0 Å². The first-order chi connectivity index (χ1) is 8.16. The lowest BCUT2D eigenvalue weighted by Crippen LogP contribution is -2.43. The van der Waals surface area contributed by atoms with Crippen LogP contribution in [0.3, 0.4) is 0 Å². The summed E-state index contributed by atoms with van der Waals surface area (Å²) in [7, 11) is 1.97. The summed E-state index contributed by atoms with van der Waals surface area (Å²) in [6.45, 7) is 5.82. The molecule has 2 rings (SSSR count). The van der Waals surface area contributed by atoms with E-state index in [0.29, 0.717) is 6.04 Å². The minimum Gasteiger partial charge on any atom is -0.313 e. The average molecular weight is 235 g/mol. The van der Waals surface area contributed by atoms with Crippen LogP contribution >= 0.6 is 0 Å². The molecule has 0 bridgehead atoms. The van der Waals surface area contributed by atoms with Gasteiger partial charge in [0, 0.05) is 32.3 Å². The summed E-state index contributed by atoms with van der Waals surface area (Å²) in [5.74, 6) is 1.64. The molecule has 1 heterocycles. The molecule has 3 heteroatoms. The highest BCUT2D eigenvalue weighted by atomic mass is 15.2. The molecule has 0 spiro atoms. The Morgan fingerprint density at radius 3 is 2.65 bits per heavy atom. The second kappa shape index (κ2) is 5.67. The topological polar surface area (TPSA) is 29.9 Å². The van der Waals surface area contributed by atoms with E-state index in [-0.39, 0.29) is 0 Å². The maximum atomic E-state index is 4.41. The molecule has 1 aliphatic carbocycles. The molecule has 0 radical (unpaired) electrons. The van der Waals surface area contributed by atoms with Crippen LogP contribution in [0, 0.1) is 11.8 Å². The summed E-state index contributed by atoms with van der Waals surface area (Å²) in [5, 5.41) is 8.14. The Morgan fingerprint density at radius 1 is 1.35 bits per heavy atom. The second-order valence-electron chi connectivity index (χ2n) is 5.60. The molecule has 1 fully saturated rings. The molecule has 1 aromatic rings. The van der Waals surface area contributed by atoms with Gasteiger partial charge < -0.3 is 5.32 Å². The minimum atomic E-state index is 0.701. The number of hydrogen-bond acceptors (Lipinski definition) is 2. The van der Waals surface area contributed by atoms with E-state index in [9.17, 15) is 0 Å². The summed E-state index contributed by atoms with van der Waals surface area (Å²) in [6, 6.07) is 2.81. The SMILES string of the molecule is CC1CCCC(C)C1NCCc1ccn(C)n1. The lowest BCUT2D eigenvalue weighted by atomic mass is 9.79. The van der Waals surface area contributed by atoms with E-state index in [1.807, 2.05) is 17.9 Å². The van der Waals surface area contributed by atoms with E-state index in [1.54, 1.807) is 0 Å². The molecule has 0 aliphatic heterocycles. The number of nitrogens with zero attached hydrogens (tertiary/aromatic N) is 2. The van der Waals surface area contributed by atoms with Gasteiger partial charge in [-0.3, -0.25) is 4.68 Å². The van der Waals surface area contributed by atoms with Crippen molar-refractivity contribution in [2.75, 3.05) is 6.54 Å². The highest BCUT2D eigenvalue weighted by Gasteiger charge is 2.26. The number of aryl methyl sites for hydroxylation is 1. The van der Waals surface area contributed by atoms with Gasteiger partial charge >= 0.3 is 0 Å². The van der Waals surface area contributed by atoms with Gasteiger partial charge in [-0.2, -0.15) is 5.10 Å². The van der Waals surface area contributed by atoms with Crippen molar-refractivity contribution in [3.05, 3.63) is 18.0 Å². The molecule has 17 heavy (non-hydrogen) atoms. The van der Waals surface area contributed by atoms with Crippen LogP contribution in [-0.4, -0.2) is 22.4 Å². The molecule has 0 amide bonds. The molecule has 1 saturated carbocycles. The molecule has 0 saturated heterocycles. The largest absolute Gasteiger partial charge is 0.313 e. The normalized spacial score (nSPS) is 29.5. The fourth-order valence-electron chi connectivity index (χ4n) is 3.05. The van der Waals surface area contributed by atoms with E-state index < -0.39 is 0 Å². The Bertz CT molecular complexity index is 335. The van der Waals surface area contributed by atoms with Crippen LogP contribution in [-0.2, 0) is 13.5 Å². The van der Waals surface area contributed by atoms with Gasteiger partial charge in [0.25, 0.3) is 0 Å². The standard InChI is InChI=1S/C14H25N3/c1-11-5-4-6-12(2)14(11)15-9-7-13-8-10-17(3)16-13/h8,10-12,14-15H,4-7,9H2,1-3H3. The van der Waals surface area contributed by atoms with Crippen molar-refractivity contribution in [1.82, 2.24) is 15.1 Å². The summed E-state index contributed by atoms with van der Waals surface area (Å²) in [6.07, 6.45) is 7.22. The van der Waals surface area contributed by atoms with Gasteiger partial charge in [-0.15, -0.1) is 0 Å². The number of aromatic nitrogens is 2. The summed E-state index contributed by atoms with van der Waals surface area (Å²) < 4.78 is 1.88. The number of nitrogens with one attached hydrogen (secondary N) is 1. The molecule has 3 nitrogen and oxygen atoms in total. The first-order valence-corrected chi connectivity index (χ1v) is 6.88. The maximum Gasteiger partial charge on any atom is 0.0637 e. The zero-order chi connectivity index (χ0) is 12.3. The van der Waals surface area contributed by atoms with Crippen LogP contribution in [0.4, 0.5) is 0 Å². The zero-order valence-electron chi connectivity index (χ0n) is 11.3. The smallest absolute Gasteiger partial charge is 0.0637 e. The van der Waals surface area contributed by atoms with E-state index in [4.69, 9.17) is 0 Å². The second-order valence-corrected chi connectivity index (χ2v) is 5.60. The molecule has 1 aromatic heterocycles. The van der Waals surface area contributed by atoms with Gasteiger partial charge in [0.1, 0.15) is 0 Å². The lowest BCUT2D eigenvalue weighted by Gasteiger charge is -2.35. The fourth-order valence-corrected chi connectivity index (χ4v) is 3.05. The summed E-state index contributed by atoms with van der Waals surface area (Å²) in [4.78, 5) is 0. The third-order valence-corrected chi connectivity index (χ3v) is 4.08. The van der Waals surface area contributed by atoms with Gasteiger partial charge in [0.05, 0.1) is 5.69 Å². The summed E-state index contributed by atoms with van der Waals surface area (Å²) >= 11 is 0. The fraction of sp³-hybridized carbons (Fsp3) is 0.786. The number of rotatable bonds is 4. The Balaban J connectivity index is 1.77. The quantitative estimate of drug-likeness (QED) is 0.868. The first-order valence-electron chi connectivity index (χ1n) is 6.88. The lowest BCUT2D eigenvalue weighted by molar-refractivity contribution is 0.210. The predicted molar refractivity (Wildman–Crippen MR) is 70.9 cm³/mol. The Labute approximate surface area is 105 Å². The van der Waals surface area contributed by atoms with E-state index in [1.165, 1.54) is 25.0 Å². The molecule has 0 aromatic carbocycles. The Morgan fingerprint density at radius 2 is 2.06 bits per heavy atom. The maximum absolute atomic E-state index is 4.41. The molecule has 96 valence electrons. The summed E-state index contributed by atoms with van der Waals surface area (Å²) in [5.41, 5.74) is 1.19. The molecule has 2 atom stereocenters. The number of hydrogen-bond donors (Lipinski definition) is 1. The van der Waals surface area contributed by atoms with E-state index in [0.717, 1.165) is 24.8 Å². The third kappa shape index (κ3) is 3.32. The molecule has 2 unspecified atom stereocenters. The van der Waals surface area contributed by atoms with Crippen molar-refractivity contribution >= 4 is 0 Å². The van der Waals surface area contributed by atoms with Gasteiger partial charge in [0.2, 0.25) is 0 Å². The third-order valence-electron chi connectivity index (χ3n) is 4.08. The van der Waals surface area contributed by atoms with Crippen LogP contribution in [0.15, 0.2) is 12.3 Å². The van der Waals surface area contributed by atoms with Gasteiger partial charge in [0.15, 0.2) is 0 Å². The van der Waals surface area contributed by atoms with E-state index >= 15 is 0 Å². The molecule has 1 N–H and O–H groups in total. The van der Waals surface area contributed by atoms with Crippen molar-refractivity contribution in [3.8, 4) is 0 Å². The van der Waals surface area contributed by atoms with Crippen molar-refractivity contribution in [2.24, 2.45) is 18.9 Å². The average Bonchev–Trinajstić information content (AvgIpc) is 2.69. The highest BCUT2D eigenvalue weighted by molar-refractivity contribution is 4.99. The van der Waals surface area contributed by atoms with Gasteiger partial charge in [-0.1, -0.05) is 20.3 Å². The Kier molecular flexibility index (Phi) is 4.21. The van der Waals surface area contributed by atoms with Crippen LogP contribution in [0.25, 0.3) is 0 Å². The van der Waals surface area contributed by atoms with Gasteiger partial charge in [-0.25, -0.2) is 0 Å². The van der Waals surface area contributed by atoms with Crippen molar-refractivity contribution in [3.63, 3.8) is 0 Å². The molecular formula is C14H25N3. The Hall–Kier alpha value is -0.830. The van der Waals surface area contributed by atoms with Crippen molar-refractivity contribution in [2.45, 2.75) is 45.6 Å². The van der Waals surface area contributed by atoms with E-state index in [2.05, 4.69) is 30.3 Å². The molecular weight excluding hydrogens is 210 g/mol. The molecule has 1 aliphatic rings. The van der Waals surface area contributed by atoms with Crippen LogP contribution in [0.2, 0.25) is 0 Å².